The SMILES string of the molecule is CCCCOCCCC1NCNCN1. The molecule has 1 aliphatic heterocycles. The molecule has 1 saturated heterocycles. The molecule has 4 nitrogen and oxygen atoms in total. The molecule has 84 valence electrons. The minimum atomic E-state index is 0.464. The van der Waals surface area contributed by atoms with Crippen LogP contribution >= 0.6 is 0 Å². The minimum absolute atomic E-state index is 0.464. The van der Waals surface area contributed by atoms with Gasteiger partial charge in [-0.15, -0.1) is 0 Å². The molecule has 14 heavy (non-hydrogen) atoms. The molecule has 0 saturated carbocycles. The van der Waals surface area contributed by atoms with Gasteiger partial charge in [0.05, 0.1) is 6.17 Å². The minimum Gasteiger partial charge on any atom is -0.381 e. The summed E-state index contributed by atoms with van der Waals surface area (Å²) in [6, 6.07) is 0. The van der Waals surface area contributed by atoms with Crippen LogP contribution < -0.4 is 16.0 Å². The van der Waals surface area contributed by atoms with Crippen molar-refractivity contribution in [3.8, 4) is 0 Å². The highest BCUT2D eigenvalue weighted by Crippen LogP contribution is 1.97. The fraction of sp³-hybridized carbons (Fsp3) is 1.00. The molecular formula is C10H23N3O. The van der Waals surface area contributed by atoms with Gasteiger partial charge in [-0.2, -0.15) is 0 Å². The molecule has 1 heterocycles. The molecule has 1 fully saturated rings. The highest BCUT2D eigenvalue weighted by molar-refractivity contribution is 4.67. The molecule has 0 spiro atoms. The van der Waals surface area contributed by atoms with Gasteiger partial charge in [0.2, 0.25) is 0 Å². The lowest BCUT2D eigenvalue weighted by Gasteiger charge is -2.25. The number of hydrogen-bond acceptors (Lipinski definition) is 4. The topological polar surface area (TPSA) is 45.3 Å². The maximum atomic E-state index is 5.49. The van der Waals surface area contributed by atoms with Crippen molar-refractivity contribution in [2.45, 2.75) is 38.8 Å². The first kappa shape index (κ1) is 11.9. The Morgan fingerprint density at radius 2 is 1.86 bits per heavy atom. The third-order valence-electron chi connectivity index (χ3n) is 2.37. The first-order valence-electron chi connectivity index (χ1n) is 5.68. The average Bonchev–Trinajstić information content (AvgIpc) is 2.25. The zero-order valence-electron chi connectivity index (χ0n) is 9.14. The van der Waals surface area contributed by atoms with Crippen molar-refractivity contribution >= 4 is 0 Å². The van der Waals surface area contributed by atoms with Crippen LogP contribution in [0.15, 0.2) is 0 Å². The summed E-state index contributed by atoms with van der Waals surface area (Å²) in [4.78, 5) is 0. The van der Waals surface area contributed by atoms with E-state index in [2.05, 4.69) is 22.9 Å². The van der Waals surface area contributed by atoms with Crippen molar-refractivity contribution in [1.29, 1.82) is 0 Å². The molecule has 0 aromatic rings. The van der Waals surface area contributed by atoms with E-state index in [4.69, 9.17) is 4.74 Å². The van der Waals surface area contributed by atoms with Gasteiger partial charge >= 0.3 is 0 Å². The Morgan fingerprint density at radius 1 is 1.14 bits per heavy atom. The van der Waals surface area contributed by atoms with E-state index < -0.39 is 0 Å². The first-order chi connectivity index (χ1) is 6.93. The fourth-order valence-corrected chi connectivity index (χ4v) is 1.47. The first-order valence-corrected chi connectivity index (χ1v) is 5.68. The Balaban J connectivity index is 1.82. The summed E-state index contributed by atoms with van der Waals surface area (Å²) in [5, 5.41) is 9.87. The third-order valence-corrected chi connectivity index (χ3v) is 2.37. The van der Waals surface area contributed by atoms with Gasteiger partial charge in [-0.3, -0.25) is 16.0 Å². The monoisotopic (exact) mass is 201 g/mol. The average molecular weight is 201 g/mol. The lowest BCUT2D eigenvalue weighted by Crippen LogP contribution is -2.55. The van der Waals surface area contributed by atoms with Crippen LogP contribution in [0.25, 0.3) is 0 Å². The molecule has 1 aliphatic rings. The summed E-state index contributed by atoms with van der Waals surface area (Å²) in [6.07, 6.45) is 5.15. The lowest BCUT2D eigenvalue weighted by molar-refractivity contribution is 0.123. The Bertz CT molecular complexity index is 127. The van der Waals surface area contributed by atoms with E-state index in [1.165, 1.54) is 12.8 Å². The Labute approximate surface area is 86.8 Å². The zero-order chi connectivity index (χ0) is 10.1. The summed E-state index contributed by atoms with van der Waals surface area (Å²) in [5.41, 5.74) is 0. The molecule has 0 radical (unpaired) electrons. The van der Waals surface area contributed by atoms with Crippen molar-refractivity contribution in [2.24, 2.45) is 0 Å². The van der Waals surface area contributed by atoms with Gasteiger partial charge in [0.25, 0.3) is 0 Å². The zero-order valence-corrected chi connectivity index (χ0v) is 9.14. The Hall–Kier alpha value is -0.160. The maximum Gasteiger partial charge on any atom is 0.0592 e. The van der Waals surface area contributed by atoms with E-state index in [0.717, 1.165) is 39.4 Å². The van der Waals surface area contributed by atoms with Gasteiger partial charge in [-0.25, -0.2) is 0 Å². The summed E-state index contributed by atoms with van der Waals surface area (Å²) in [7, 11) is 0. The van der Waals surface area contributed by atoms with E-state index in [-0.39, 0.29) is 0 Å². The molecule has 4 heteroatoms. The van der Waals surface area contributed by atoms with Crippen molar-refractivity contribution in [1.82, 2.24) is 16.0 Å². The van der Waals surface area contributed by atoms with Crippen LogP contribution in [0.2, 0.25) is 0 Å². The summed E-state index contributed by atoms with van der Waals surface area (Å²) in [5.74, 6) is 0. The highest BCUT2D eigenvalue weighted by atomic mass is 16.5. The van der Waals surface area contributed by atoms with E-state index in [1.807, 2.05) is 0 Å². The molecule has 0 amide bonds. The molecule has 3 N–H and O–H groups in total. The third kappa shape index (κ3) is 5.54. The van der Waals surface area contributed by atoms with Gasteiger partial charge in [-0.05, 0) is 19.3 Å². The smallest absolute Gasteiger partial charge is 0.0592 e. The van der Waals surface area contributed by atoms with Gasteiger partial charge in [-0.1, -0.05) is 13.3 Å². The number of rotatable bonds is 7. The molecular weight excluding hydrogens is 178 g/mol. The fourth-order valence-electron chi connectivity index (χ4n) is 1.47. The van der Waals surface area contributed by atoms with E-state index in [0.29, 0.717) is 6.17 Å². The van der Waals surface area contributed by atoms with Crippen LogP contribution in [-0.2, 0) is 4.74 Å². The van der Waals surface area contributed by atoms with E-state index in [9.17, 15) is 0 Å². The summed E-state index contributed by atoms with van der Waals surface area (Å²) < 4.78 is 5.49. The summed E-state index contributed by atoms with van der Waals surface area (Å²) >= 11 is 0. The lowest BCUT2D eigenvalue weighted by atomic mass is 10.2. The summed E-state index contributed by atoms with van der Waals surface area (Å²) in [6.45, 7) is 5.83. The van der Waals surface area contributed by atoms with Gasteiger partial charge in [0.1, 0.15) is 0 Å². The van der Waals surface area contributed by atoms with E-state index in [1.54, 1.807) is 0 Å². The van der Waals surface area contributed by atoms with Gasteiger partial charge < -0.3 is 4.74 Å². The maximum absolute atomic E-state index is 5.49. The molecule has 0 bridgehead atoms. The van der Waals surface area contributed by atoms with Gasteiger partial charge in [0.15, 0.2) is 0 Å². The second kappa shape index (κ2) is 8.17. The largest absolute Gasteiger partial charge is 0.381 e. The predicted molar refractivity (Wildman–Crippen MR) is 57.9 cm³/mol. The van der Waals surface area contributed by atoms with Crippen LogP contribution in [0.1, 0.15) is 32.6 Å². The van der Waals surface area contributed by atoms with Crippen LogP contribution in [0.4, 0.5) is 0 Å². The molecule has 0 aliphatic carbocycles. The van der Waals surface area contributed by atoms with Crippen LogP contribution in [0, 0.1) is 0 Å². The molecule has 0 unspecified atom stereocenters. The molecule has 0 aromatic carbocycles. The predicted octanol–water partition coefficient (Wildman–Crippen LogP) is 0.607. The Kier molecular flexibility index (Phi) is 6.95. The highest BCUT2D eigenvalue weighted by Gasteiger charge is 2.09. The molecule has 0 atom stereocenters. The van der Waals surface area contributed by atoms with Crippen LogP contribution in [0.5, 0.6) is 0 Å². The van der Waals surface area contributed by atoms with Crippen molar-refractivity contribution in [3.63, 3.8) is 0 Å². The molecule has 0 aromatic heterocycles. The second-order valence-corrected chi connectivity index (χ2v) is 3.67. The van der Waals surface area contributed by atoms with Crippen LogP contribution in [0.3, 0.4) is 0 Å². The number of nitrogens with one attached hydrogen (secondary N) is 3. The van der Waals surface area contributed by atoms with Crippen molar-refractivity contribution in [3.05, 3.63) is 0 Å². The van der Waals surface area contributed by atoms with Crippen LogP contribution in [-0.4, -0.2) is 32.7 Å². The number of hydrogen-bond donors (Lipinski definition) is 3. The van der Waals surface area contributed by atoms with E-state index >= 15 is 0 Å². The van der Waals surface area contributed by atoms with Gasteiger partial charge in [0, 0.05) is 26.6 Å². The van der Waals surface area contributed by atoms with Crippen molar-refractivity contribution in [2.75, 3.05) is 26.6 Å². The second-order valence-electron chi connectivity index (χ2n) is 3.67. The van der Waals surface area contributed by atoms with Crippen molar-refractivity contribution < 1.29 is 4.74 Å². The molecule has 1 rings (SSSR count). The standard InChI is InChI=1S/C10H23N3O/c1-2-3-6-14-7-4-5-10-12-8-11-9-13-10/h10-13H,2-9H2,1H3. The number of unbranched alkanes of at least 4 members (excludes halogenated alkanes) is 1. The quantitative estimate of drug-likeness (QED) is 0.528. The number of ether oxygens (including phenoxy) is 1. The Morgan fingerprint density at radius 3 is 2.57 bits per heavy atom. The normalized spacial score (nSPS) is 18.6.